The van der Waals surface area contributed by atoms with Gasteiger partial charge in [0, 0.05) is 21.1 Å². The monoisotopic (exact) mass is 342 g/mol. The summed E-state index contributed by atoms with van der Waals surface area (Å²) in [6, 6.07) is 5.72. The Labute approximate surface area is 144 Å². The summed E-state index contributed by atoms with van der Waals surface area (Å²) in [6.45, 7) is 7.27. The van der Waals surface area contributed by atoms with Gasteiger partial charge in [-0.25, -0.2) is 4.79 Å². The number of aromatic nitrogens is 1. The van der Waals surface area contributed by atoms with Crippen LogP contribution in [0.5, 0.6) is 0 Å². The van der Waals surface area contributed by atoms with Crippen molar-refractivity contribution in [2.45, 2.75) is 27.7 Å². The third kappa shape index (κ3) is 3.47. The molecule has 6 heteroatoms. The van der Waals surface area contributed by atoms with Crippen LogP contribution in [0.25, 0.3) is 6.08 Å². The van der Waals surface area contributed by atoms with Crippen molar-refractivity contribution in [2.24, 2.45) is 0 Å². The maximum Gasteiger partial charge on any atom is 0.340 e. The lowest BCUT2D eigenvalue weighted by molar-refractivity contribution is 0.0523. The molecule has 0 radical (unpaired) electrons. The minimum atomic E-state index is -0.563. The van der Waals surface area contributed by atoms with Crippen molar-refractivity contribution in [2.75, 3.05) is 6.61 Å². The molecule has 5 nitrogen and oxygen atoms in total. The summed E-state index contributed by atoms with van der Waals surface area (Å²) in [5, 5.41) is 9.40. The van der Waals surface area contributed by atoms with Gasteiger partial charge in [0.05, 0.1) is 17.7 Å². The van der Waals surface area contributed by atoms with E-state index in [1.807, 2.05) is 25.1 Å². The van der Waals surface area contributed by atoms with Crippen LogP contribution in [0.3, 0.4) is 0 Å². The molecule has 0 saturated heterocycles. The van der Waals surface area contributed by atoms with Gasteiger partial charge in [0.2, 0.25) is 5.78 Å². The van der Waals surface area contributed by atoms with Gasteiger partial charge in [0.1, 0.15) is 11.6 Å². The second-order valence-corrected chi connectivity index (χ2v) is 6.61. The number of Topliss-reactive ketones (excluding diaryl/α,β-unsaturated/α-hetero) is 1. The molecular formula is C18H18N2O3S. The van der Waals surface area contributed by atoms with Crippen molar-refractivity contribution in [3.63, 3.8) is 0 Å². The number of hydrogen-bond donors (Lipinski definition) is 1. The first-order chi connectivity index (χ1) is 11.4. The fourth-order valence-electron chi connectivity index (χ4n) is 2.48. The van der Waals surface area contributed by atoms with E-state index < -0.39 is 11.8 Å². The van der Waals surface area contributed by atoms with E-state index >= 15 is 0 Å². The second-order valence-electron chi connectivity index (χ2n) is 5.29. The maximum atomic E-state index is 12.8. The van der Waals surface area contributed by atoms with Gasteiger partial charge in [0.25, 0.3) is 0 Å². The number of H-pyrrole nitrogens is 1. The zero-order valence-corrected chi connectivity index (χ0v) is 14.8. The van der Waals surface area contributed by atoms with E-state index in [9.17, 15) is 14.9 Å². The molecule has 2 aromatic heterocycles. The van der Waals surface area contributed by atoms with Gasteiger partial charge in [-0.3, -0.25) is 4.79 Å². The Morgan fingerprint density at radius 1 is 1.25 bits per heavy atom. The van der Waals surface area contributed by atoms with Crippen molar-refractivity contribution in [1.82, 2.24) is 4.98 Å². The van der Waals surface area contributed by atoms with E-state index in [0.29, 0.717) is 11.4 Å². The molecule has 124 valence electrons. The molecular weight excluding hydrogens is 324 g/mol. The lowest BCUT2D eigenvalue weighted by atomic mass is 9.99. The van der Waals surface area contributed by atoms with Crippen molar-refractivity contribution in [1.29, 1.82) is 5.26 Å². The van der Waals surface area contributed by atoms with Crippen molar-refractivity contribution < 1.29 is 14.3 Å². The first kappa shape index (κ1) is 17.7. The molecule has 0 aliphatic carbocycles. The summed E-state index contributed by atoms with van der Waals surface area (Å²) < 4.78 is 5.04. The number of ether oxygens (including phenoxy) is 1. The van der Waals surface area contributed by atoms with E-state index in [2.05, 4.69) is 4.98 Å². The number of esters is 1. The average Bonchev–Trinajstić information content (AvgIpc) is 3.06. The molecule has 0 aromatic carbocycles. The Morgan fingerprint density at radius 3 is 2.46 bits per heavy atom. The topological polar surface area (TPSA) is 83.0 Å². The van der Waals surface area contributed by atoms with Gasteiger partial charge in [-0.1, -0.05) is 0 Å². The Bertz CT molecular complexity index is 865. The Kier molecular flexibility index (Phi) is 5.37. The molecule has 0 amide bonds. The summed E-state index contributed by atoms with van der Waals surface area (Å²) in [5.74, 6) is -1.04. The lowest BCUT2D eigenvalue weighted by Crippen LogP contribution is -2.13. The molecule has 2 heterocycles. The standard InChI is InChI=1S/C18H18N2O3S/c1-5-23-18(22)16-12(4)20-11(3)15(16)17(21)13(9-19)8-14-7-6-10(2)24-14/h6-8,20H,5H2,1-4H3/b13-8+. The van der Waals surface area contributed by atoms with Crippen LogP contribution in [0.2, 0.25) is 0 Å². The van der Waals surface area contributed by atoms with Gasteiger partial charge < -0.3 is 9.72 Å². The number of carbonyl (C=O) groups excluding carboxylic acids is 2. The van der Waals surface area contributed by atoms with Gasteiger partial charge in [-0.2, -0.15) is 5.26 Å². The molecule has 0 aliphatic rings. The lowest BCUT2D eigenvalue weighted by Gasteiger charge is -2.05. The molecule has 24 heavy (non-hydrogen) atoms. The van der Waals surface area contributed by atoms with Crippen LogP contribution in [-0.4, -0.2) is 23.3 Å². The van der Waals surface area contributed by atoms with Crippen LogP contribution in [0.15, 0.2) is 17.7 Å². The minimum absolute atomic E-state index is 0.00972. The Morgan fingerprint density at radius 2 is 1.92 bits per heavy atom. The normalized spacial score (nSPS) is 11.2. The summed E-state index contributed by atoms with van der Waals surface area (Å²) in [4.78, 5) is 29.9. The van der Waals surface area contributed by atoms with Crippen molar-refractivity contribution >= 4 is 29.2 Å². The van der Waals surface area contributed by atoms with Gasteiger partial charge in [-0.05, 0) is 45.9 Å². The largest absolute Gasteiger partial charge is 0.462 e. The van der Waals surface area contributed by atoms with Gasteiger partial charge in [0.15, 0.2) is 0 Å². The molecule has 0 spiro atoms. The van der Waals surface area contributed by atoms with Crippen LogP contribution in [0.1, 0.15) is 48.8 Å². The smallest absolute Gasteiger partial charge is 0.340 e. The van der Waals surface area contributed by atoms with Crippen LogP contribution < -0.4 is 0 Å². The first-order valence-electron chi connectivity index (χ1n) is 7.48. The summed E-state index contributed by atoms with van der Waals surface area (Å²) in [5.41, 5.74) is 1.49. The average molecular weight is 342 g/mol. The van der Waals surface area contributed by atoms with Crippen LogP contribution in [0, 0.1) is 32.1 Å². The number of nitriles is 1. The second kappa shape index (κ2) is 7.28. The molecule has 0 aliphatic heterocycles. The fourth-order valence-corrected chi connectivity index (χ4v) is 3.30. The number of nitrogens with zero attached hydrogens (tertiary/aromatic N) is 1. The van der Waals surface area contributed by atoms with E-state index in [1.54, 1.807) is 26.8 Å². The van der Waals surface area contributed by atoms with Crippen LogP contribution in [-0.2, 0) is 4.74 Å². The third-order valence-corrected chi connectivity index (χ3v) is 4.44. The summed E-state index contributed by atoms with van der Waals surface area (Å²) in [6.07, 6.45) is 1.55. The molecule has 2 rings (SSSR count). The summed E-state index contributed by atoms with van der Waals surface area (Å²) in [7, 11) is 0. The highest BCUT2D eigenvalue weighted by atomic mass is 32.1. The van der Waals surface area contributed by atoms with Crippen LogP contribution in [0.4, 0.5) is 0 Å². The SMILES string of the molecule is CCOC(=O)c1c(C)[nH]c(C)c1C(=O)/C(C#N)=C/c1ccc(C)s1. The molecule has 0 unspecified atom stereocenters. The zero-order valence-electron chi connectivity index (χ0n) is 14.0. The predicted octanol–water partition coefficient (Wildman–Crippen LogP) is 3.97. The Hall–Kier alpha value is -2.65. The molecule has 0 atom stereocenters. The fraction of sp³-hybridized carbons (Fsp3) is 0.278. The number of carbonyl (C=O) groups is 2. The summed E-state index contributed by atoms with van der Waals surface area (Å²) >= 11 is 1.49. The number of thiophene rings is 1. The number of aromatic amines is 1. The molecule has 1 N–H and O–H groups in total. The number of aryl methyl sites for hydroxylation is 3. The number of allylic oxidation sites excluding steroid dienone is 1. The van der Waals surface area contributed by atoms with Crippen molar-refractivity contribution in [3.8, 4) is 6.07 Å². The highest BCUT2D eigenvalue weighted by Gasteiger charge is 2.27. The number of nitrogens with one attached hydrogen (secondary N) is 1. The highest BCUT2D eigenvalue weighted by Crippen LogP contribution is 2.25. The highest BCUT2D eigenvalue weighted by molar-refractivity contribution is 7.12. The molecule has 0 saturated carbocycles. The zero-order chi connectivity index (χ0) is 17.9. The van der Waals surface area contributed by atoms with E-state index in [4.69, 9.17) is 4.74 Å². The quantitative estimate of drug-likeness (QED) is 0.386. The van der Waals surface area contributed by atoms with E-state index in [1.165, 1.54) is 11.3 Å². The van der Waals surface area contributed by atoms with Gasteiger partial charge in [-0.15, -0.1) is 11.3 Å². The maximum absolute atomic E-state index is 12.8. The molecule has 2 aromatic rings. The number of hydrogen-bond acceptors (Lipinski definition) is 5. The third-order valence-electron chi connectivity index (χ3n) is 3.49. The van der Waals surface area contributed by atoms with Crippen LogP contribution >= 0.6 is 11.3 Å². The first-order valence-corrected chi connectivity index (χ1v) is 8.29. The van der Waals surface area contributed by atoms with E-state index in [0.717, 1.165) is 9.75 Å². The minimum Gasteiger partial charge on any atom is -0.462 e. The number of rotatable bonds is 5. The molecule has 0 bridgehead atoms. The number of ketones is 1. The van der Waals surface area contributed by atoms with Gasteiger partial charge >= 0.3 is 5.97 Å². The molecule has 0 fully saturated rings. The van der Waals surface area contributed by atoms with Crippen molar-refractivity contribution in [3.05, 3.63) is 50.0 Å². The van der Waals surface area contributed by atoms with E-state index in [-0.39, 0.29) is 23.3 Å². The predicted molar refractivity (Wildman–Crippen MR) is 93.2 cm³/mol. The Balaban J connectivity index is 2.50.